The van der Waals surface area contributed by atoms with Crippen LogP contribution in [0.2, 0.25) is 0 Å². The molecule has 38 heavy (non-hydrogen) atoms. The Morgan fingerprint density at radius 2 is 2.13 bits per heavy atom. The molecule has 3 aliphatic rings. The smallest absolute Gasteiger partial charge is 0.249 e. The maximum absolute atomic E-state index is 15.9. The van der Waals surface area contributed by atoms with Gasteiger partial charge in [-0.05, 0) is 62.2 Å². The number of hydrogen-bond donors (Lipinski definition) is 4. The van der Waals surface area contributed by atoms with E-state index in [9.17, 15) is 9.90 Å². The number of hydrogen-bond acceptors (Lipinski definition) is 7. The van der Waals surface area contributed by atoms with Crippen molar-refractivity contribution in [1.29, 1.82) is 0 Å². The SMILES string of the molecule is CCc1cc(O)ccc1C1CCC2C(c3ncc(C4=CCN(C(=O)COCCN(C)C)C4)[nH]3)NNC2C1F. The molecule has 5 rings (SSSR count). The van der Waals surface area contributed by atoms with Crippen LogP contribution in [-0.4, -0.2) is 89.9 Å². The molecule has 2 aromatic rings. The topological polar surface area (TPSA) is 106 Å². The molecule has 9 nitrogen and oxygen atoms in total. The molecule has 2 fully saturated rings. The highest BCUT2D eigenvalue weighted by Crippen LogP contribution is 2.45. The number of amides is 1. The van der Waals surface area contributed by atoms with Gasteiger partial charge in [0.2, 0.25) is 5.91 Å². The molecule has 1 aromatic heterocycles. The van der Waals surface area contributed by atoms with Gasteiger partial charge >= 0.3 is 0 Å². The first-order chi connectivity index (χ1) is 18.4. The fourth-order valence-electron chi connectivity index (χ4n) is 6.01. The molecular formula is C28H39FN6O3. The van der Waals surface area contributed by atoms with Crippen molar-refractivity contribution in [2.45, 2.75) is 50.4 Å². The zero-order chi connectivity index (χ0) is 26.8. The number of aromatic nitrogens is 2. The molecule has 5 unspecified atom stereocenters. The quantitative estimate of drug-likeness (QED) is 0.372. The summed E-state index contributed by atoms with van der Waals surface area (Å²) in [5, 5.41) is 9.87. The number of aromatic amines is 1. The van der Waals surface area contributed by atoms with Crippen molar-refractivity contribution >= 4 is 11.5 Å². The summed E-state index contributed by atoms with van der Waals surface area (Å²) in [4.78, 5) is 24.4. The number of hydrazine groups is 1. The molecule has 1 saturated heterocycles. The minimum absolute atomic E-state index is 0.0233. The van der Waals surface area contributed by atoms with Gasteiger partial charge in [0.15, 0.2) is 0 Å². The van der Waals surface area contributed by atoms with E-state index in [4.69, 9.17) is 4.74 Å². The van der Waals surface area contributed by atoms with E-state index in [1.165, 1.54) is 0 Å². The third-order valence-corrected chi connectivity index (χ3v) is 8.16. The van der Waals surface area contributed by atoms with Crippen molar-refractivity contribution in [3.05, 3.63) is 53.1 Å². The number of fused-ring (bicyclic) bond motifs is 1. The summed E-state index contributed by atoms with van der Waals surface area (Å²) in [5.74, 6) is 0.845. The average molecular weight is 527 g/mol. The zero-order valence-corrected chi connectivity index (χ0v) is 22.4. The number of likely N-dealkylation sites (N-methyl/N-ethyl adjacent to an activating group) is 1. The standard InChI is InChI=1S/C28H39FN6O3/c1-4-17-13-19(36)5-6-20(17)21-7-8-22-26(25(21)29)32-33-27(22)28-30-14-23(31-28)18-9-10-35(15-18)24(37)16-38-12-11-34(2)3/h5-6,9,13-14,21-22,25-27,32-33,36H,4,7-8,10-12,15-16H2,1-3H3,(H,30,31). The summed E-state index contributed by atoms with van der Waals surface area (Å²) in [5.41, 5.74) is 10.4. The number of phenolic OH excluding ortho intramolecular Hbond substituents is 1. The normalized spacial score (nSPS) is 27.1. The second-order valence-electron chi connectivity index (χ2n) is 10.9. The molecule has 10 heteroatoms. The fourth-order valence-corrected chi connectivity index (χ4v) is 6.01. The summed E-state index contributed by atoms with van der Waals surface area (Å²) in [6.45, 7) is 4.48. The first-order valence-corrected chi connectivity index (χ1v) is 13.6. The van der Waals surface area contributed by atoms with Crippen molar-refractivity contribution in [3.8, 4) is 5.75 Å². The molecule has 0 radical (unpaired) electrons. The average Bonchev–Trinajstić information content (AvgIpc) is 3.66. The summed E-state index contributed by atoms with van der Waals surface area (Å²) >= 11 is 0. The molecule has 4 N–H and O–H groups in total. The molecular weight excluding hydrogens is 487 g/mol. The van der Waals surface area contributed by atoms with Crippen molar-refractivity contribution < 1.29 is 19.0 Å². The molecule has 5 atom stereocenters. The lowest BCUT2D eigenvalue weighted by Gasteiger charge is -2.36. The van der Waals surface area contributed by atoms with Crippen LogP contribution >= 0.6 is 0 Å². The monoisotopic (exact) mass is 526 g/mol. The number of carbonyl (C=O) groups is 1. The summed E-state index contributed by atoms with van der Waals surface area (Å²) < 4.78 is 21.4. The number of aryl methyl sites for hydroxylation is 1. The number of imidazole rings is 1. The van der Waals surface area contributed by atoms with E-state index in [0.29, 0.717) is 19.7 Å². The van der Waals surface area contributed by atoms with Crippen molar-refractivity contribution in [2.24, 2.45) is 5.92 Å². The Balaban J connectivity index is 1.19. The number of phenols is 1. The number of benzene rings is 1. The third-order valence-electron chi connectivity index (χ3n) is 8.16. The number of halogens is 1. The van der Waals surface area contributed by atoms with Crippen LogP contribution in [0.15, 0.2) is 30.5 Å². The van der Waals surface area contributed by atoms with E-state index < -0.39 is 6.17 Å². The zero-order valence-electron chi connectivity index (χ0n) is 22.4. The van der Waals surface area contributed by atoms with Gasteiger partial charge in [0.1, 0.15) is 24.4 Å². The van der Waals surface area contributed by atoms with Gasteiger partial charge in [0.25, 0.3) is 0 Å². The number of carbonyl (C=O) groups excluding carboxylic acids is 1. The molecule has 206 valence electrons. The number of nitrogens with zero attached hydrogens (tertiary/aromatic N) is 3. The van der Waals surface area contributed by atoms with Gasteiger partial charge in [0.05, 0.1) is 30.6 Å². The Bertz CT molecular complexity index is 1170. The van der Waals surface area contributed by atoms with Gasteiger partial charge in [-0.1, -0.05) is 19.1 Å². The van der Waals surface area contributed by atoms with E-state index in [2.05, 4.69) is 20.8 Å². The maximum Gasteiger partial charge on any atom is 0.249 e. The predicted octanol–water partition coefficient (Wildman–Crippen LogP) is 2.53. The highest BCUT2D eigenvalue weighted by molar-refractivity contribution is 5.82. The van der Waals surface area contributed by atoms with Crippen LogP contribution in [0.1, 0.15) is 54.4 Å². The summed E-state index contributed by atoms with van der Waals surface area (Å²) in [7, 11) is 3.94. The van der Waals surface area contributed by atoms with E-state index in [0.717, 1.165) is 54.0 Å². The number of aromatic hydroxyl groups is 1. The number of ether oxygens (including phenoxy) is 1. The first-order valence-electron chi connectivity index (χ1n) is 13.6. The van der Waals surface area contributed by atoms with Gasteiger partial charge in [-0.25, -0.2) is 14.8 Å². The Morgan fingerprint density at radius 1 is 1.29 bits per heavy atom. The van der Waals surface area contributed by atoms with Crippen LogP contribution in [0, 0.1) is 5.92 Å². The highest BCUT2D eigenvalue weighted by Gasteiger charge is 2.48. The lowest BCUT2D eigenvalue weighted by molar-refractivity contribution is -0.134. The lowest BCUT2D eigenvalue weighted by Crippen LogP contribution is -2.45. The van der Waals surface area contributed by atoms with Crippen LogP contribution in [0.3, 0.4) is 0 Å². The predicted molar refractivity (Wildman–Crippen MR) is 143 cm³/mol. The van der Waals surface area contributed by atoms with Crippen LogP contribution in [0.5, 0.6) is 5.75 Å². The minimum Gasteiger partial charge on any atom is -0.508 e. The molecule has 1 amide bonds. The fraction of sp³-hybridized carbons (Fsp3) is 0.571. The van der Waals surface area contributed by atoms with Crippen molar-refractivity contribution in [1.82, 2.24) is 30.6 Å². The van der Waals surface area contributed by atoms with Crippen LogP contribution in [0.4, 0.5) is 4.39 Å². The van der Waals surface area contributed by atoms with Crippen LogP contribution in [0.25, 0.3) is 5.57 Å². The highest BCUT2D eigenvalue weighted by atomic mass is 19.1. The van der Waals surface area contributed by atoms with Gasteiger partial charge in [-0.2, -0.15) is 0 Å². The molecule has 2 aliphatic heterocycles. The second kappa shape index (κ2) is 11.5. The van der Waals surface area contributed by atoms with Gasteiger partial charge < -0.3 is 24.6 Å². The second-order valence-corrected chi connectivity index (χ2v) is 10.9. The largest absolute Gasteiger partial charge is 0.508 e. The van der Waals surface area contributed by atoms with Gasteiger partial charge in [0, 0.05) is 31.5 Å². The Hall–Kier alpha value is -2.79. The number of rotatable bonds is 9. The van der Waals surface area contributed by atoms with Gasteiger partial charge in [-0.15, -0.1) is 0 Å². The molecule has 0 spiro atoms. The molecule has 1 aromatic carbocycles. The molecule has 1 aliphatic carbocycles. The first kappa shape index (κ1) is 26.8. The van der Waals surface area contributed by atoms with E-state index in [1.807, 2.05) is 38.1 Å². The summed E-state index contributed by atoms with van der Waals surface area (Å²) in [6.07, 6.45) is 5.16. The number of alkyl halides is 1. The van der Waals surface area contributed by atoms with Crippen LogP contribution < -0.4 is 10.9 Å². The van der Waals surface area contributed by atoms with E-state index in [-0.39, 0.29) is 42.2 Å². The van der Waals surface area contributed by atoms with Crippen LogP contribution in [-0.2, 0) is 16.0 Å². The molecule has 0 bridgehead atoms. The number of H-pyrrole nitrogens is 1. The Kier molecular flexibility index (Phi) is 8.13. The van der Waals surface area contributed by atoms with E-state index in [1.54, 1.807) is 23.2 Å². The summed E-state index contributed by atoms with van der Waals surface area (Å²) in [6, 6.07) is 4.85. The maximum atomic E-state index is 15.9. The van der Waals surface area contributed by atoms with Gasteiger partial charge in [-0.3, -0.25) is 10.2 Å². The lowest BCUT2D eigenvalue weighted by atomic mass is 9.71. The Morgan fingerprint density at radius 3 is 2.92 bits per heavy atom. The van der Waals surface area contributed by atoms with Crippen molar-refractivity contribution in [3.63, 3.8) is 0 Å². The van der Waals surface area contributed by atoms with E-state index >= 15 is 4.39 Å². The third kappa shape index (κ3) is 5.49. The minimum atomic E-state index is -1.05. The van der Waals surface area contributed by atoms with Crippen molar-refractivity contribution in [2.75, 3.05) is 46.9 Å². The molecule has 1 saturated carbocycles. The molecule has 3 heterocycles. The Labute approximate surface area is 223 Å². The number of nitrogens with one attached hydrogen (secondary N) is 3.